The highest BCUT2D eigenvalue weighted by Gasteiger charge is 2.06. The van der Waals surface area contributed by atoms with Crippen molar-refractivity contribution < 1.29 is 9.53 Å². The Bertz CT molecular complexity index is 320. The zero-order chi connectivity index (χ0) is 8.97. The van der Waals surface area contributed by atoms with Crippen molar-refractivity contribution >= 4 is 5.97 Å². The van der Waals surface area contributed by atoms with Crippen molar-refractivity contribution in [2.45, 2.75) is 0 Å². The quantitative estimate of drug-likeness (QED) is 0.477. The summed E-state index contributed by atoms with van der Waals surface area (Å²) < 4.78 is 6.47. The maximum Gasteiger partial charge on any atom is 0.340 e. The van der Waals surface area contributed by atoms with E-state index in [1.165, 1.54) is 0 Å². The normalized spacial score (nSPS) is 9.00. The Morgan fingerprint density at radius 2 is 2.58 bits per heavy atom. The molecule has 0 amide bonds. The molecule has 1 rings (SSSR count). The zero-order valence-electron chi connectivity index (χ0n) is 6.78. The molecule has 0 radical (unpaired) electrons. The van der Waals surface area contributed by atoms with Gasteiger partial charge in [0, 0.05) is 19.4 Å². The van der Waals surface area contributed by atoms with E-state index in [1.54, 1.807) is 23.0 Å². The van der Waals surface area contributed by atoms with Gasteiger partial charge >= 0.3 is 5.97 Å². The Morgan fingerprint density at radius 3 is 3.08 bits per heavy atom. The van der Waals surface area contributed by atoms with E-state index in [1.807, 2.05) is 7.05 Å². The van der Waals surface area contributed by atoms with Gasteiger partial charge in [0.25, 0.3) is 0 Å². The van der Waals surface area contributed by atoms with Crippen molar-refractivity contribution in [3.05, 3.63) is 24.0 Å². The number of hydrogen-bond donors (Lipinski definition) is 0. The third kappa shape index (κ3) is 1.89. The Balaban J connectivity index is 2.61. The summed E-state index contributed by atoms with van der Waals surface area (Å²) in [7, 11) is 1.83. The number of aryl methyl sites for hydroxylation is 1. The SMILES string of the molecule is C#CCOC(=O)c1ccn(C)c1. The predicted molar refractivity (Wildman–Crippen MR) is 44.5 cm³/mol. The Labute approximate surface area is 70.9 Å². The van der Waals surface area contributed by atoms with E-state index in [-0.39, 0.29) is 12.6 Å². The Hall–Kier alpha value is -1.69. The van der Waals surface area contributed by atoms with E-state index >= 15 is 0 Å². The van der Waals surface area contributed by atoms with Crippen LogP contribution < -0.4 is 0 Å². The van der Waals surface area contributed by atoms with Crippen LogP contribution in [0.3, 0.4) is 0 Å². The molecule has 1 aromatic rings. The third-order valence-electron chi connectivity index (χ3n) is 1.35. The largest absolute Gasteiger partial charge is 0.449 e. The van der Waals surface area contributed by atoms with E-state index in [0.717, 1.165) is 0 Å². The highest BCUT2D eigenvalue weighted by Crippen LogP contribution is 2.01. The summed E-state index contributed by atoms with van der Waals surface area (Å²) in [5.41, 5.74) is 0.521. The van der Waals surface area contributed by atoms with Gasteiger partial charge in [-0.25, -0.2) is 4.79 Å². The van der Waals surface area contributed by atoms with E-state index < -0.39 is 0 Å². The van der Waals surface area contributed by atoms with E-state index in [2.05, 4.69) is 5.92 Å². The van der Waals surface area contributed by atoms with Crippen molar-refractivity contribution in [1.29, 1.82) is 0 Å². The van der Waals surface area contributed by atoms with Gasteiger partial charge in [-0.1, -0.05) is 5.92 Å². The summed E-state index contributed by atoms with van der Waals surface area (Å²) in [5.74, 6) is 1.84. The lowest BCUT2D eigenvalue weighted by molar-refractivity contribution is 0.0557. The molecule has 0 saturated carbocycles. The summed E-state index contributed by atoms with van der Waals surface area (Å²) in [6.45, 7) is 0.0216. The maximum absolute atomic E-state index is 11.1. The maximum atomic E-state index is 11.1. The molecule has 0 aliphatic rings. The number of ether oxygens (including phenoxy) is 1. The number of hydrogen-bond acceptors (Lipinski definition) is 2. The average Bonchev–Trinajstić information content (AvgIpc) is 2.47. The van der Waals surface area contributed by atoms with Gasteiger partial charge in [0.15, 0.2) is 6.61 Å². The molecule has 0 fully saturated rings. The molecule has 0 aliphatic carbocycles. The van der Waals surface area contributed by atoms with Crippen LogP contribution in [0.15, 0.2) is 18.5 Å². The molecule has 0 spiro atoms. The molecule has 12 heavy (non-hydrogen) atoms. The van der Waals surface area contributed by atoms with Crippen LogP contribution in [0.25, 0.3) is 0 Å². The van der Waals surface area contributed by atoms with Crippen molar-refractivity contribution in [3.63, 3.8) is 0 Å². The number of carbonyl (C=O) groups excluding carboxylic acids is 1. The van der Waals surface area contributed by atoms with E-state index in [4.69, 9.17) is 11.2 Å². The third-order valence-corrected chi connectivity index (χ3v) is 1.35. The molecule has 0 aromatic carbocycles. The van der Waals surface area contributed by atoms with Gasteiger partial charge in [0.1, 0.15) is 0 Å². The van der Waals surface area contributed by atoms with Crippen LogP contribution in [0.2, 0.25) is 0 Å². The minimum Gasteiger partial charge on any atom is -0.449 e. The first-order valence-corrected chi connectivity index (χ1v) is 3.46. The molecule has 0 unspecified atom stereocenters. The Kier molecular flexibility index (Phi) is 2.54. The Morgan fingerprint density at radius 1 is 1.83 bits per heavy atom. The molecule has 0 bridgehead atoms. The van der Waals surface area contributed by atoms with Gasteiger partial charge in [0.05, 0.1) is 5.56 Å². The summed E-state index contributed by atoms with van der Waals surface area (Å²) in [5, 5.41) is 0. The standard InChI is InChI=1S/C9H9NO2/c1-3-6-12-9(11)8-4-5-10(2)7-8/h1,4-5,7H,6H2,2H3. The molecule has 0 N–H and O–H groups in total. The summed E-state index contributed by atoms with van der Waals surface area (Å²) in [6.07, 6.45) is 8.38. The molecular weight excluding hydrogens is 154 g/mol. The highest BCUT2D eigenvalue weighted by atomic mass is 16.5. The first kappa shape index (κ1) is 8.41. The van der Waals surface area contributed by atoms with E-state index in [9.17, 15) is 4.79 Å². The predicted octanol–water partition coefficient (Wildman–Crippen LogP) is 0.815. The van der Waals surface area contributed by atoms with Crippen LogP contribution in [-0.2, 0) is 11.8 Å². The van der Waals surface area contributed by atoms with Crippen LogP contribution in [0.4, 0.5) is 0 Å². The van der Waals surface area contributed by atoms with Crippen LogP contribution in [0.1, 0.15) is 10.4 Å². The van der Waals surface area contributed by atoms with Gasteiger partial charge < -0.3 is 9.30 Å². The lowest BCUT2D eigenvalue weighted by atomic mass is 10.3. The van der Waals surface area contributed by atoms with Gasteiger partial charge in [-0.15, -0.1) is 6.42 Å². The van der Waals surface area contributed by atoms with Crippen LogP contribution in [0.5, 0.6) is 0 Å². The molecule has 62 valence electrons. The molecule has 0 saturated heterocycles. The molecule has 0 aliphatic heterocycles. The van der Waals surface area contributed by atoms with Crippen LogP contribution >= 0.6 is 0 Å². The highest BCUT2D eigenvalue weighted by molar-refractivity contribution is 5.89. The number of nitrogens with zero attached hydrogens (tertiary/aromatic N) is 1. The monoisotopic (exact) mass is 163 g/mol. The fraction of sp³-hybridized carbons (Fsp3) is 0.222. The zero-order valence-corrected chi connectivity index (χ0v) is 6.78. The molecular formula is C9H9NO2. The fourth-order valence-corrected chi connectivity index (χ4v) is 0.815. The van der Waals surface area contributed by atoms with Crippen LogP contribution in [-0.4, -0.2) is 17.1 Å². The van der Waals surface area contributed by atoms with Gasteiger partial charge in [-0.05, 0) is 6.07 Å². The number of terminal acetylenes is 1. The summed E-state index contributed by atoms with van der Waals surface area (Å²) >= 11 is 0. The summed E-state index contributed by atoms with van der Waals surface area (Å²) in [6, 6.07) is 1.68. The fourth-order valence-electron chi connectivity index (χ4n) is 0.815. The molecule has 0 atom stereocenters. The lowest BCUT2D eigenvalue weighted by Crippen LogP contribution is -2.03. The molecule has 1 heterocycles. The second kappa shape index (κ2) is 3.63. The van der Waals surface area contributed by atoms with Crippen molar-refractivity contribution in [1.82, 2.24) is 4.57 Å². The average molecular weight is 163 g/mol. The van der Waals surface area contributed by atoms with Crippen molar-refractivity contribution in [3.8, 4) is 12.3 Å². The van der Waals surface area contributed by atoms with Crippen molar-refractivity contribution in [2.24, 2.45) is 7.05 Å². The lowest BCUT2D eigenvalue weighted by Gasteiger charge is -1.96. The minimum atomic E-state index is -0.381. The van der Waals surface area contributed by atoms with E-state index in [0.29, 0.717) is 5.56 Å². The number of aromatic nitrogens is 1. The van der Waals surface area contributed by atoms with Crippen LogP contribution in [0, 0.1) is 12.3 Å². The second-order valence-electron chi connectivity index (χ2n) is 2.35. The molecule has 3 heteroatoms. The smallest absolute Gasteiger partial charge is 0.340 e. The van der Waals surface area contributed by atoms with Crippen molar-refractivity contribution in [2.75, 3.05) is 6.61 Å². The molecule has 3 nitrogen and oxygen atoms in total. The van der Waals surface area contributed by atoms with Gasteiger partial charge in [0.2, 0.25) is 0 Å². The first-order chi connectivity index (χ1) is 5.74. The van der Waals surface area contributed by atoms with Gasteiger partial charge in [-0.2, -0.15) is 0 Å². The number of carbonyl (C=O) groups is 1. The minimum absolute atomic E-state index is 0.0216. The van der Waals surface area contributed by atoms with Gasteiger partial charge in [-0.3, -0.25) is 0 Å². The summed E-state index contributed by atoms with van der Waals surface area (Å²) in [4.78, 5) is 11.1. The number of rotatable bonds is 2. The topological polar surface area (TPSA) is 31.2 Å². The molecule has 1 aromatic heterocycles. The number of esters is 1. The second-order valence-corrected chi connectivity index (χ2v) is 2.35. The first-order valence-electron chi connectivity index (χ1n) is 3.46.